The molecule has 0 amide bonds. The average molecular weight is 143 g/mol. The number of fused-ring (bicyclic) bond motifs is 1. The fourth-order valence-electron chi connectivity index (χ4n) is 0.617. The van der Waals surface area contributed by atoms with E-state index >= 15 is 0 Å². The van der Waals surface area contributed by atoms with Gasteiger partial charge in [-0.05, 0) is 6.07 Å². The smallest absolute Gasteiger partial charge is 0.173 e. The van der Waals surface area contributed by atoms with E-state index in [1.165, 1.54) is 11.8 Å². The van der Waals surface area contributed by atoms with Crippen molar-refractivity contribution in [1.29, 1.82) is 0 Å². The van der Waals surface area contributed by atoms with E-state index in [0.29, 0.717) is 4.90 Å². The SMILES string of the molecule is Fc1c[c]c2c(c1F)S2. The summed E-state index contributed by atoms with van der Waals surface area (Å²) in [5, 5.41) is 0. The van der Waals surface area contributed by atoms with Crippen LogP contribution in [0.1, 0.15) is 0 Å². The van der Waals surface area contributed by atoms with Crippen LogP contribution in [0.3, 0.4) is 0 Å². The molecule has 0 fully saturated rings. The highest BCUT2D eigenvalue weighted by Crippen LogP contribution is 2.49. The summed E-state index contributed by atoms with van der Waals surface area (Å²) in [7, 11) is 0. The second-order valence-corrected chi connectivity index (χ2v) is 2.73. The molecule has 0 aliphatic carbocycles. The normalized spacial score (nSPS) is 13.1. The number of rotatable bonds is 0. The lowest BCUT2D eigenvalue weighted by Gasteiger charge is -1.83. The van der Waals surface area contributed by atoms with Crippen LogP contribution in [-0.4, -0.2) is 0 Å². The maximum Gasteiger partial charge on any atom is 0.173 e. The van der Waals surface area contributed by atoms with Crippen LogP contribution in [0, 0.1) is 17.7 Å². The molecule has 0 atom stereocenters. The molecule has 0 spiro atoms. The van der Waals surface area contributed by atoms with E-state index in [-0.39, 0.29) is 0 Å². The molecule has 0 aromatic heterocycles. The van der Waals surface area contributed by atoms with Gasteiger partial charge in [0, 0.05) is 11.0 Å². The van der Waals surface area contributed by atoms with E-state index in [1.54, 1.807) is 0 Å². The van der Waals surface area contributed by atoms with Gasteiger partial charge in [0.1, 0.15) is 0 Å². The van der Waals surface area contributed by atoms with Crippen LogP contribution in [0.25, 0.3) is 0 Å². The molecule has 1 radical (unpaired) electrons. The Labute approximate surface area is 54.9 Å². The molecule has 0 nitrogen and oxygen atoms in total. The Hall–Kier alpha value is -0.570. The van der Waals surface area contributed by atoms with Gasteiger partial charge in [0.15, 0.2) is 11.6 Å². The van der Waals surface area contributed by atoms with Gasteiger partial charge < -0.3 is 0 Å². The van der Waals surface area contributed by atoms with Crippen LogP contribution in [-0.2, 0) is 0 Å². The molecule has 0 bridgehead atoms. The van der Waals surface area contributed by atoms with Crippen molar-refractivity contribution >= 4 is 11.8 Å². The first-order valence-corrected chi connectivity index (χ1v) is 3.18. The van der Waals surface area contributed by atoms with Gasteiger partial charge in [-0.2, -0.15) is 0 Å². The lowest BCUT2D eigenvalue weighted by molar-refractivity contribution is 0.491. The maximum atomic E-state index is 12.4. The van der Waals surface area contributed by atoms with Crippen molar-refractivity contribution in [3.05, 3.63) is 23.8 Å². The van der Waals surface area contributed by atoms with Gasteiger partial charge >= 0.3 is 0 Å². The summed E-state index contributed by atoms with van der Waals surface area (Å²) in [5.74, 6) is -1.53. The molecule has 0 saturated heterocycles. The molecule has 0 N–H and O–H groups in total. The average Bonchev–Trinajstić information content (AvgIpc) is 2.58. The molecular formula is C6HF2S. The molecule has 1 aromatic rings. The minimum atomic E-state index is -0.807. The van der Waals surface area contributed by atoms with Gasteiger partial charge in [0.2, 0.25) is 0 Å². The Morgan fingerprint density at radius 2 is 2.22 bits per heavy atom. The molecule has 45 valence electrons. The van der Waals surface area contributed by atoms with Crippen LogP contribution in [0.5, 0.6) is 0 Å². The molecule has 2 rings (SSSR count). The third-order valence-corrected chi connectivity index (χ3v) is 2.02. The van der Waals surface area contributed by atoms with Gasteiger partial charge in [0.25, 0.3) is 0 Å². The topological polar surface area (TPSA) is 0 Å². The summed E-state index contributed by atoms with van der Waals surface area (Å²) >= 11 is 1.23. The van der Waals surface area contributed by atoms with Gasteiger partial charge in [-0.15, -0.1) is 0 Å². The van der Waals surface area contributed by atoms with Crippen molar-refractivity contribution in [2.24, 2.45) is 0 Å². The van der Waals surface area contributed by atoms with E-state index in [2.05, 4.69) is 6.07 Å². The van der Waals surface area contributed by atoms with Crippen LogP contribution >= 0.6 is 11.8 Å². The molecule has 1 aliphatic rings. The van der Waals surface area contributed by atoms with Crippen LogP contribution in [0.4, 0.5) is 8.78 Å². The third-order valence-electron chi connectivity index (χ3n) is 1.11. The van der Waals surface area contributed by atoms with Crippen LogP contribution < -0.4 is 0 Å². The molecular weight excluding hydrogens is 142 g/mol. The van der Waals surface area contributed by atoms with Gasteiger partial charge in [-0.1, -0.05) is 11.8 Å². The second-order valence-electron chi connectivity index (χ2n) is 1.71. The van der Waals surface area contributed by atoms with E-state index in [0.717, 1.165) is 11.0 Å². The van der Waals surface area contributed by atoms with Gasteiger partial charge in [-0.25, -0.2) is 8.78 Å². The standard InChI is InChI=1S/C6HF2S/c7-3-1-2-4-6(9-4)5(3)8/h1H. The number of halogens is 2. The van der Waals surface area contributed by atoms with Crippen molar-refractivity contribution in [3.8, 4) is 0 Å². The zero-order valence-corrected chi connectivity index (χ0v) is 5.06. The monoisotopic (exact) mass is 143 g/mol. The molecule has 1 aromatic carbocycles. The Bertz CT molecular complexity index is 266. The lowest BCUT2D eigenvalue weighted by atomic mass is 10.3. The molecule has 9 heavy (non-hydrogen) atoms. The summed E-state index contributed by atoms with van der Waals surface area (Å²) < 4.78 is 24.6. The highest BCUT2D eigenvalue weighted by Gasteiger charge is 2.25. The van der Waals surface area contributed by atoms with E-state index in [1.807, 2.05) is 0 Å². The Morgan fingerprint density at radius 3 is 2.89 bits per heavy atom. The van der Waals surface area contributed by atoms with Crippen molar-refractivity contribution in [2.75, 3.05) is 0 Å². The molecule has 0 unspecified atom stereocenters. The largest absolute Gasteiger partial charge is 0.204 e. The summed E-state index contributed by atoms with van der Waals surface area (Å²) in [5.41, 5.74) is 0. The summed E-state index contributed by atoms with van der Waals surface area (Å²) in [6.07, 6.45) is 0. The fourth-order valence-corrected chi connectivity index (χ4v) is 1.22. The van der Waals surface area contributed by atoms with E-state index < -0.39 is 11.6 Å². The zero-order chi connectivity index (χ0) is 6.43. The Balaban J connectivity index is 2.70. The quantitative estimate of drug-likeness (QED) is 0.509. The zero-order valence-electron chi connectivity index (χ0n) is 4.24. The van der Waals surface area contributed by atoms with Crippen molar-refractivity contribution in [1.82, 2.24) is 0 Å². The first kappa shape index (κ1) is 5.23. The number of hydrogen-bond donors (Lipinski definition) is 0. The van der Waals surface area contributed by atoms with Gasteiger partial charge in [0.05, 0.1) is 4.90 Å². The molecule has 1 aliphatic heterocycles. The fraction of sp³-hybridized carbons (Fsp3) is 0. The summed E-state index contributed by atoms with van der Waals surface area (Å²) in [6.45, 7) is 0. The van der Waals surface area contributed by atoms with Crippen LogP contribution in [0.2, 0.25) is 0 Å². The van der Waals surface area contributed by atoms with Gasteiger partial charge in [-0.3, -0.25) is 0 Å². The Kier molecular flexibility index (Phi) is 0.858. The predicted octanol–water partition coefficient (Wildman–Crippen LogP) is 2.23. The predicted molar refractivity (Wildman–Crippen MR) is 29.3 cm³/mol. The minimum Gasteiger partial charge on any atom is -0.204 e. The molecule has 1 heterocycles. The van der Waals surface area contributed by atoms with E-state index in [9.17, 15) is 8.78 Å². The van der Waals surface area contributed by atoms with Crippen molar-refractivity contribution < 1.29 is 8.78 Å². The highest BCUT2D eigenvalue weighted by atomic mass is 32.2. The summed E-state index contributed by atoms with van der Waals surface area (Å²) in [4.78, 5) is 1.14. The number of benzene rings is 1. The van der Waals surface area contributed by atoms with Crippen molar-refractivity contribution in [3.63, 3.8) is 0 Å². The first-order chi connectivity index (χ1) is 4.29. The molecule has 0 saturated carbocycles. The van der Waals surface area contributed by atoms with Crippen molar-refractivity contribution in [2.45, 2.75) is 9.79 Å². The second kappa shape index (κ2) is 1.48. The van der Waals surface area contributed by atoms with E-state index in [4.69, 9.17) is 0 Å². The third kappa shape index (κ3) is 0.645. The highest BCUT2D eigenvalue weighted by molar-refractivity contribution is 8.04. The maximum absolute atomic E-state index is 12.4. The Morgan fingerprint density at radius 1 is 1.44 bits per heavy atom. The lowest BCUT2D eigenvalue weighted by Crippen LogP contribution is -1.78. The number of hydrogen-bond acceptors (Lipinski definition) is 1. The minimum absolute atomic E-state index is 0.412. The summed E-state index contributed by atoms with van der Waals surface area (Å²) in [6, 6.07) is 3.60. The van der Waals surface area contributed by atoms with Crippen LogP contribution in [0.15, 0.2) is 15.9 Å². The first-order valence-electron chi connectivity index (χ1n) is 2.36. The molecule has 3 heteroatoms.